The van der Waals surface area contributed by atoms with Gasteiger partial charge >= 0.3 is 0 Å². The molecular weight excluding hydrogens is 258 g/mol. The Morgan fingerprint density at radius 2 is 2.05 bits per heavy atom. The molecule has 0 aliphatic carbocycles. The Balaban J connectivity index is 1.84. The summed E-state index contributed by atoms with van der Waals surface area (Å²) in [5.41, 5.74) is 1.20. The minimum Gasteiger partial charge on any atom is -0.486 e. The third-order valence-electron chi connectivity index (χ3n) is 2.72. The van der Waals surface area contributed by atoms with E-state index in [9.17, 15) is 0 Å². The van der Waals surface area contributed by atoms with E-state index in [2.05, 4.69) is 31.8 Å². The van der Waals surface area contributed by atoms with Crippen LogP contribution in [0.4, 0.5) is 0 Å². The zero-order valence-corrected chi connectivity index (χ0v) is 12.4. The van der Waals surface area contributed by atoms with Gasteiger partial charge in [-0.15, -0.1) is 11.8 Å². The predicted molar refractivity (Wildman–Crippen MR) is 80.4 cm³/mol. The molecule has 0 unspecified atom stereocenters. The number of hydrogen-bond acceptors (Lipinski definition) is 4. The molecule has 1 N–H and O–H groups in total. The molecule has 1 aliphatic rings. The molecule has 1 aliphatic heterocycles. The molecule has 0 amide bonds. The van der Waals surface area contributed by atoms with E-state index in [-0.39, 0.29) is 0 Å². The Kier molecular flexibility index (Phi) is 5.16. The number of ether oxygens (including phenoxy) is 2. The van der Waals surface area contributed by atoms with Gasteiger partial charge in [0.2, 0.25) is 0 Å². The van der Waals surface area contributed by atoms with Gasteiger partial charge in [-0.05, 0) is 18.2 Å². The Labute approximate surface area is 119 Å². The second-order valence-corrected chi connectivity index (χ2v) is 5.93. The van der Waals surface area contributed by atoms with E-state index in [1.807, 2.05) is 12.1 Å². The highest BCUT2D eigenvalue weighted by atomic mass is 32.2. The summed E-state index contributed by atoms with van der Waals surface area (Å²) < 4.78 is 11.1. The molecule has 104 valence electrons. The first-order chi connectivity index (χ1) is 9.15. The van der Waals surface area contributed by atoms with Gasteiger partial charge in [-0.25, -0.2) is 0 Å². The molecule has 0 saturated carbocycles. The molecule has 19 heavy (non-hydrogen) atoms. The van der Waals surface area contributed by atoms with Crippen molar-refractivity contribution in [1.29, 1.82) is 0 Å². The molecule has 0 atom stereocenters. The van der Waals surface area contributed by atoms with E-state index in [1.54, 1.807) is 11.8 Å². The van der Waals surface area contributed by atoms with Crippen LogP contribution in [0.25, 0.3) is 0 Å². The van der Waals surface area contributed by atoms with Gasteiger partial charge in [0.15, 0.2) is 11.5 Å². The standard InChI is InChI=1S/C15H21NO2S/c1-11(2)16-9-12(3)10-19-13-4-5-14-15(8-13)18-7-6-17-14/h4-5,8,11,16H,3,6-7,9-10H2,1-2H3. The highest BCUT2D eigenvalue weighted by molar-refractivity contribution is 7.99. The Hall–Kier alpha value is -1.13. The van der Waals surface area contributed by atoms with Gasteiger partial charge in [0.25, 0.3) is 0 Å². The molecule has 0 saturated heterocycles. The average molecular weight is 279 g/mol. The molecule has 3 nitrogen and oxygen atoms in total. The van der Waals surface area contributed by atoms with Crippen molar-refractivity contribution in [3.8, 4) is 11.5 Å². The van der Waals surface area contributed by atoms with Crippen molar-refractivity contribution in [2.45, 2.75) is 24.8 Å². The number of hydrogen-bond donors (Lipinski definition) is 1. The lowest BCUT2D eigenvalue weighted by atomic mass is 10.3. The smallest absolute Gasteiger partial charge is 0.162 e. The summed E-state index contributed by atoms with van der Waals surface area (Å²) in [6.07, 6.45) is 0. The number of nitrogens with one attached hydrogen (secondary N) is 1. The van der Waals surface area contributed by atoms with Crippen LogP contribution < -0.4 is 14.8 Å². The summed E-state index contributed by atoms with van der Waals surface area (Å²) in [5.74, 6) is 2.61. The maximum atomic E-state index is 5.58. The summed E-state index contributed by atoms with van der Waals surface area (Å²) in [4.78, 5) is 1.19. The fourth-order valence-corrected chi connectivity index (χ4v) is 2.53. The lowest BCUT2D eigenvalue weighted by molar-refractivity contribution is 0.171. The van der Waals surface area contributed by atoms with Gasteiger partial charge in [0.1, 0.15) is 13.2 Å². The summed E-state index contributed by atoms with van der Waals surface area (Å²) in [5, 5.41) is 3.37. The van der Waals surface area contributed by atoms with Crippen LogP contribution in [0.5, 0.6) is 11.5 Å². The number of fused-ring (bicyclic) bond motifs is 1. The predicted octanol–water partition coefficient (Wildman–Crippen LogP) is 3.10. The first-order valence-corrected chi connectivity index (χ1v) is 7.56. The highest BCUT2D eigenvalue weighted by Gasteiger charge is 2.11. The molecule has 2 rings (SSSR count). The highest BCUT2D eigenvalue weighted by Crippen LogP contribution is 2.34. The second kappa shape index (κ2) is 6.87. The summed E-state index contributed by atoms with van der Waals surface area (Å²) >= 11 is 1.78. The molecule has 1 aromatic carbocycles. The van der Waals surface area contributed by atoms with Crippen LogP contribution in [0.1, 0.15) is 13.8 Å². The van der Waals surface area contributed by atoms with Gasteiger partial charge < -0.3 is 14.8 Å². The molecule has 1 heterocycles. The minimum absolute atomic E-state index is 0.496. The first-order valence-electron chi connectivity index (χ1n) is 6.57. The third kappa shape index (κ3) is 4.48. The van der Waals surface area contributed by atoms with Crippen LogP contribution >= 0.6 is 11.8 Å². The average Bonchev–Trinajstić information content (AvgIpc) is 2.42. The van der Waals surface area contributed by atoms with Gasteiger partial charge in [0, 0.05) is 23.2 Å². The number of rotatable bonds is 6. The van der Waals surface area contributed by atoms with Crippen LogP contribution in [0.3, 0.4) is 0 Å². The Morgan fingerprint density at radius 3 is 2.79 bits per heavy atom. The fraction of sp³-hybridized carbons (Fsp3) is 0.467. The summed E-state index contributed by atoms with van der Waals surface area (Å²) in [6, 6.07) is 6.59. The van der Waals surface area contributed by atoms with Crippen molar-refractivity contribution < 1.29 is 9.47 Å². The van der Waals surface area contributed by atoms with E-state index >= 15 is 0 Å². The second-order valence-electron chi connectivity index (χ2n) is 4.88. The number of thioether (sulfide) groups is 1. The molecular formula is C15H21NO2S. The zero-order valence-electron chi connectivity index (χ0n) is 11.6. The van der Waals surface area contributed by atoms with Crippen LogP contribution in [-0.2, 0) is 0 Å². The normalized spacial score (nSPS) is 13.6. The van der Waals surface area contributed by atoms with Crippen molar-refractivity contribution in [2.75, 3.05) is 25.5 Å². The maximum Gasteiger partial charge on any atom is 0.162 e. The number of benzene rings is 1. The first kappa shape index (κ1) is 14.3. The Bertz CT molecular complexity index is 446. The quantitative estimate of drug-likeness (QED) is 0.640. The summed E-state index contributed by atoms with van der Waals surface area (Å²) in [6.45, 7) is 10.5. The van der Waals surface area contributed by atoms with E-state index in [0.29, 0.717) is 19.3 Å². The molecule has 0 aromatic heterocycles. The Morgan fingerprint density at radius 1 is 1.32 bits per heavy atom. The van der Waals surface area contributed by atoms with Crippen LogP contribution in [0.2, 0.25) is 0 Å². The molecule has 1 aromatic rings. The SMILES string of the molecule is C=C(CNC(C)C)CSc1ccc2c(c1)OCCO2. The topological polar surface area (TPSA) is 30.5 Å². The van der Waals surface area contributed by atoms with Gasteiger partial charge in [-0.3, -0.25) is 0 Å². The molecule has 0 radical (unpaired) electrons. The van der Waals surface area contributed by atoms with Crippen LogP contribution in [0.15, 0.2) is 35.2 Å². The maximum absolute atomic E-state index is 5.58. The van der Waals surface area contributed by atoms with Gasteiger partial charge in [0.05, 0.1) is 0 Å². The van der Waals surface area contributed by atoms with Crippen molar-refractivity contribution in [3.05, 3.63) is 30.4 Å². The largest absolute Gasteiger partial charge is 0.486 e. The zero-order chi connectivity index (χ0) is 13.7. The van der Waals surface area contributed by atoms with E-state index in [4.69, 9.17) is 9.47 Å². The summed E-state index contributed by atoms with van der Waals surface area (Å²) in [7, 11) is 0. The lowest BCUT2D eigenvalue weighted by Gasteiger charge is -2.18. The van der Waals surface area contributed by atoms with E-state index in [0.717, 1.165) is 23.8 Å². The van der Waals surface area contributed by atoms with Gasteiger partial charge in [-0.1, -0.05) is 26.0 Å². The van der Waals surface area contributed by atoms with Crippen LogP contribution in [-0.4, -0.2) is 31.6 Å². The van der Waals surface area contributed by atoms with Crippen molar-refractivity contribution in [2.24, 2.45) is 0 Å². The fourth-order valence-electron chi connectivity index (χ4n) is 1.70. The minimum atomic E-state index is 0.496. The van der Waals surface area contributed by atoms with Gasteiger partial charge in [-0.2, -0.15) is 0 Å². The van der Waals surface area contributed by atoms with E-state index < -0.39 is 0 Å². The molecule has 4 heteroatoms. The molecule has 0 spiro atoms. The van der Waals surface area contributed by atoms with Crippen molar-refractivity contribution >= 4 is 11.8 Å². The molecule has 0 fully saturated rings. The van der Waals surface area contributed by atoms with Crippen molar-refractivity contribution in [3.63, 3.8) is 0 Å². The lowest BCUT2D eigenvalue weighted by Crippen LogP contribution is -2.25. The third-order valence-corrected chi connectivity index (χ3v) is 3.86. The van der Waals surface area contributed by atoms with E-state index in [1.165, 1.54) is 10.5 Å². The molecule has 0 bridgehead atoms. The van der Waals surface area contributed by atoms with Crippen molar-refractivity contribution in [1.82, 2.24) is 5.32 Å². The van der Waals surface area contributed by atoms with Crippen LogP contribution in [0, 0.1) is 0 Å². The monoisotopic (exact) mass is 279 g/mol.